The van der Waals surface area contributed by atoms with Crippen LogP contribution < -0.4 is 20.1 Å². The molecule has 0 spiro atoms. The van der Waals surface area contributed by atoms with Gasteiger partial charge in [-0.15, -0.1) is 0 Å². The Kier molecular flexibility index (Phi) is 5.41. The molecule has 1 N–H and O–H groups in total. The summed E-state index contributed by atoms with van der Waals surface area (Å²) >= 11 is 0. The topological polar surface area (TPSA) is 87.2 Å². The number of rotatable bonds is 5. The van der Waals surface area contributed by atoms with E-state index in [2.05, 4.69) is 29.7 Å². The van der Waals surface area contributed by atoms with Crippen LogP contribution in [0.15, 0.2) is 47.5 Å². The number of hydrogen-bond acceptors (Lipinski definition) is 7. The Morgan fingerprint density at radius 3 is 2.45 bits per heavy atom. The number of pyridine rings is 2. The highest BCUT2D eigenvalue weighted by atomic mass is 16.5. The summed E-state index contributed by atoms with van der Waals surface area (Å²) in [4.78, 5) is 32.6. The summed E-state index contributed by atoms with van der Waals surface area (Å²) < 4.78 is 5.29. The normalized spacial score (nSPS) is 14.1. The number of aromatic nitrogens is 4. The van der Waals surface area contributed by atoms with Crippen LogP contribution in [0.5, 0.6) is 5.75 Å². The van der Waals surface area contributed by atoms with Crippen molar-refractivity contribution in [3.05, 3.63) is 58.8 Å². The molecule has 3 aromatic rings. The molecule has 0 atom stereocenters. The number of ether oxygens (including phenoxy) is 1. The average Bonchev–Trinajstić information content (AvgIpc) is 2.79. The molecule has 0 bridgehead atoms. The summed E-state index contributed by atoms with van der Waals surface area (Å²) in [6.07, 6.45) is 4.25. The largest absolute Gasteiger partial charge is 0.497 e. The second-order valence-corrected chi connectivity index (χ2v) is 6.87. The van der Waals surface area contributed by atoms with Gasteiger partial charge in [-0.1, -0.05) is 6.92 Å². The maximum Gasteiger partial charge on any atom is 0.251 e. The lowest BCUT2D eigenvalue weighted by Gasteiger charge is -2.36. The molecule has 0 aliphatic carbocycles. The van der Waals surface area contributed by atoms with Gasteiger partial charge in [0.05, 0.1) is 7.11 Å². The van der Waals surface area contributed by atoms with E-state index >= 15 is 0 Å². The zero-order valence-corrected chi connectivity index (χ0v) is 16.6. The quantitative estimate of drug-likeness (QED) is 0.712. The zero-order valence-electron chi connectivity index (χ0n) is 16.6. The van der Waals surface area contributed by atoms with Crippen molar-refractivity contribution in [3.8, 4) is 17.1 Å². The third-order valence-corrected chi connectivity index (χ3v) is 5.06. The molecular formula is C21H24N6O2. The predicted molar refractivity (Wildman–Crippen MR) is 113 cm³/mol. The van der Waals surface area contributed by atoms with Gasteiger partial charge < -0.3 is 19.5 Å². The zero-order chi connectivity index (χ0) is 20.2. The Hall–Kier alpha value is -3.42. The third kappa shape index (κ3) is 4.21. The van der Waals surface area contributed by atoms with E-state index < -0.39 is 0 Å². The standard InChI is InChI=1S/C21H24N6O2/c1-3-16-12-20(28)25-21(24-16)15-4-5-18(23-14-15)26-8-10-27(11-9-26)19-13-17(29-2)6-7-22-19/h4-7,12-14H,3,8-11H2,1-2H3,(H,24,25,28). The number of nitrogens with one attached hydrogen (secondary N) is 1. The molecule has 0 amide bonds. The van der Waals surface area contributed by atoms with Crippen LogP contribution in [-0.2, 0) is 6.42 Å². The van der Waals surface area contributed by atoms with Crippen LogP contribution in [0.3, 0.4) is 0 Å². The minimum absolute atomic E-state index is 0.141. The summed E-state index contributed by atoms with van der Waals surface area (Å²) in [5, 5.41) is 0. The molecule has 1 fully saturated rings. The van der Waals surface area contributed by atoms with E-state index in [1.54, 1.807) is 19.5 Å². The fourth-order valence-electron chi connectivity index (χ4n) is 3.40. The fourth-order valence-corrected chi connectivity index (χ4v) is 3.40. The van der Waals surface area contributed by atoms with E-state index in [1.165, 1.54) is 6.07 Å². The SMILES string of the molecule is CCc1cc(=O)[nH]c(-c2ccc(N3CCN(c4cc(OC)ccn4)CC3)nc2)n1. The molecule has 4 rings (SSSR count). The van der Waals surface area contributed by atoms with Gasteiger partial charge in [0.15, 0.2) is 0 Å². The highest BCUT2D eigenvalue weighted by Gasteiger charge is 2.19. The molecule has 8 heteroatoms. The second kappa shape index (κ2) is 8.30. The summed E-state index contributed by atoms with van der Waals surface area (Å²) in [6.45, 7) is 5.40. The van der Waals surface area contributed by atoms with Crippen molar-refractivity contribution in [2.75, 3.05) is 43.1 Å². The van der Waals surface area contributed by atoms with Crippen molar-refractivity contribution in [2.24, 2.45) is 0 Å². The predicted octanol–water partition coefficient (Wildman–Crippen LogP) is 2.12. The van der Waals surface area contributed by atoms with Crippen molar-refractivity contribution in [1.82, 2.24) is 19.9 Å². The molecule has 1 aliphatic rings. The lowest BCUT2D eigenvalue weighted by atomic mass is 10.2. The smallest absolute Gasteiger partial charge is 0.251 e. The number of nitrogens with zero attached hydrogens (tertiary/aromatic N) is 5. The van der Waals surface area contributed by atoms with Gasteiger partial charge >= 0.3 is 0 Å². The number of anilines is 2. The number of methoxy groups -OCH3 is 1. The summed E-state index contributed by atoms with van der Waals surface area (Å²) in [5.41, 5.74) is 1.44. The van der Waals surface area contributed by atoms with E-state index in [-0.39, 0.29) is 5.56 Å². The number of aryl methyl sites for hydroxylation is 1. The lowest BCUT2D eigenvalue weighted by molar-refractivity contribution is 0.414. The molecular weight excluding hydrogens is 368 g/mol. The first kappa shape index (κ1) is 18.9. The highest BCUT2D eigenvalue weighted by Crippen LogP contribution is 2.22. The van der Waals surface area contributed by atoms with Gasteiger partial charge in [-0.2, -0.15) is 0 Å². The number of H-pyrrole nitrogens is 1. The Labute approximate surface area is 169 Å². The minimum atomic E-state index is -0.141. The Morgan fingerprint density at radius 2 is 1.79 bits per heavy atom. The van der Waals surface area contributed by atoms with Crippen LogP contribution in [0, 0.1) is 0 Å². The molecule has 29 heavy (non-hydrogen) atoms. The van der Waals surface area contributed by atoms with E-state index in [4.69, 9.17) is 4.74 Å². The molecule has 0 unspecified atom stereocenters. The number of hydrogen-bond donors (Lipinski definition) is 1. The summed E-state index contributed by atoms with van der Waals surface area (Å²) in [6, 6.07) is 9.27. The molecule has 0 saturated carbocycles. The van der Waals surface area contributed by atoms with Crippen molar-refractivity contribution in [3.63, 3.8) is 0 Å². The van der Waals surface area contributed by atoms with Gasteiger partial charge in [0.25, 0.3) is 5.56 Å². The first-order valence-corrected chi connectivity index (χ1v) is 9.73. The van der Waals surface area contributed by atoms with Gasteiger partial charge in [-0.05, 0) is 24.6 Å². The molecule has 3 aromatic heterocycles. The molecule has 8 nitrogen and oxygen atoms in total. The number of piperazine rings is 1. The summed E-state index contributed by atoms with van der Waals surface area (Å²) in [7, 11) is 1.66. The van der Waals surface area contributed by atoms with E-state index in [0.717, 1.165) is 61.2 Å². The van der Waals surface area contributed by atoms with Gasteiger partial charge in [0.2, 0.25) is 0 Å². The van der Waals surface area contributed by atoms with Crippen molar-refractivity contribution >= 4 is 11.6 Å². The molecule has 1 aliphatic heterocycles. The van der Waals surface area contributed by atoms with Gasteiger partial charge in [0.1, 0.15) is 23.2 Å². The Balaban J connectivity index is 1.44. The highest BCUT2D eigenvalue weighted by molar-refractivity contribution is 5.57. The van der Waals surface area contributed by atoms with Crippen LogP contribution in [0.25, 0.3) is 11.4 Å². The molecule has 1 saturated heterocycles. The van der Waals surface area contributed by atoms with Crippen molar-refractivity contribution < 1.29 is 4.74 Å². The minimum Gasteiger partial charge on any atom is -0.497 e. The van der Waals surface area contributed by atoms with E-state index in [0.29, 0.717) is 5.82 Å². The maximum atomic E-state index is 11.8. The second-order valence-electron chi connectivity index (χ2n) is 6.87. The average molecular weight is 392 g/mol. The number of aromatic amines is 1. The first-order valence-electron chi connectivity index (χ1n) is 9.73. The van der Waals surface area contributed by atoms with Crippen LogP contribution >= 0.6 is 0 Å². The molecule has 150 valence electrons. The lowest BCUT2D eigenvalue weighted by Crippen LogP contribution is -2.47. The van der Waals surface area contributed by atoms with Crippen molar-refractivity contribution in [2.45, 2.75) is 13.3 Å². The van der Waals surface area contributed by atoms with Crippen LogP contribution in [0.4, 0.5) is 11.6 Å². The monoisotopic (exact) mass is 392 g/mol. The van der Waals surface area contributed by atoms with Gasteiger partial charge in [-0.25, -0.2) is 15.0 Å². The molecule has 0 radical (unpaired) electrons. The van der Waals surface area contributed by atoms with Crippen LogP contribution in [-0.4, -0.2) is 53.2 Å². The van der Waals surface area contributed by atoms with Gasteiger partial charge in [0, 0.05) is 62.0 Å². The fraction of sp³-hybridized carbons (Fsp3) is 0.333. The van der Waals surface area contributed by atoms with Crippen LogP contribution in [0.1, 0.15) is 12.6 Å². The molecule has 0 aromatic carbocycles. The van der Waals surface area contributed by atoms with E-state index in [9.17, 15) is 4.79 Å². The Morgan fingerprint density at radius 1 is 1.03 bits per heavy atom. The van der Waals surface area contributed by atoms with E-state index in [1.807, 2.05) is 31.2 Å². The molecule has 4 heterocycles. The Bertz CT molecular complexity index is 1030. The van der Waals surface area contributed by atoms with Gasteiger partial charge in [-0.3, -0.25) is 4.79 Å². The summed E-state index contributed by atoms with van der Waals surface area (Å²) in [5.74, 6) is 3.22. The maximum absolute atomic E-state index is 11.8. The third-order valence-electron chi connectivity index (χ3n) is 5.06. The van der Waals surface area contributed by atoms with Crippen molar-refractivity contribution in [1.29, 1.82) is 0 Å². The first-order chi connectivity index (χ1) is 14.2. The van der Waals surface area contributed by atoms with Crippen LogP contribution in [0.2, 0.25) is 0 Å².